The van der Waals surface area contributed by atoms with E-state index in [1.54, 1.807) is 0 Å². The fourth-order valence-electron chi connectivity index (χ4n) is 3.05. The Morgan fingerprint density at radius 1 is 1.10 bits per heavy atom. The number of H-pyrrole nitrogens is 1. The lowest BCUT2D eigenvalue weighted by atomic mass is 9.98. The van der Waals surface area contributed by atoms with E-state index in [1.165, 1.54) is 5.37 Å². The molecule has 4 aromatic rings. The Balaban J connectivity index is 1.61. The lowest BCUT2D eigenvalue weighted by molar-refractivity contribution is 0.652. The minimum absolute atomic E-state index is 0.541. The third-order valence-electron chi connectivity index (χ3n) is 4.42. The maximum atomic E-state index is 4.97. The van der Waals surface area contributed by atoms with Crippen LogP contribution in [0.3, 0.4) is 0 Å². The fourth-order valence-corrected chi connectivity index (χ4v) is 3.15. The Hall–Kier alpha value is -3.70. The number of tetrazole rings is 1. The van der Waals surface area contributed by atoms with Gasteiger partial charge in [-0.2, -0.15) is 5.10 Å². The molecule has 0 spiro atoms. The SMILES string of the molecule is CC#CCc1nc(C=S)nn1Cc1ccc(-c2ccccc2-c2nnn[nH]2)cc1. The maximum Gasteiger partial charge on any atom is 0.184 e. The highest BCUT2D eigenvalue weighted by Crippen LogP contribution is 2.29. The zero-order valence-electron chi connectivity index (χ0n) is 15.7. The molecule has 0 bridgehead atoms. The Bertz CT molecular complexity index is 1180. The second kappa shape index (κ2) is 8.54. The Kier molecular flexibility index (Phi) is 5.49. The molecule has 4 rings (SSSR count). The molecule has 0 atom stereocenters. The minimum atomic E-state index is 0.541. The summed E-state index contributed by atoms with van der Waals surface area (Å²) in [4.78, 5) is 4.43. The summed E-state index contributed by atoms with van der Waals surface area (Å²) < 4.78 is 1.85. The average molecular weight is 399 g/mol. The highest BCUT2D eigenvalue weighted by Gasteiger charge is 2.11. The molecule has 0 saturated carbocycles. The van der Waals surface area contributed by atoms with Gasteiger partial charge in [0.15, 0.2) is 11.6 Å². The maximum absolute atomic E-state index is 4.97. The van der Waals surface area contributed by atoms with Crippen molar-refractivity contribution < 1.29 is 0 Å². The number of thiocarbonyl (C=S) groups is 1. The molecule has 0 aliphatic rings. The molecule has 1 N–H and O–H groups in total. The summed E-state index contributed by atoms with van der Waals surface area (Å²) >= 11 is 4.97. The monoisotopic (exact) mass is 399 g/mol. The van der Waals surface area contributed by atoms with E-state index in [2.05, 4.69) is 72.9 Å². The third-order valence-corrected chi connectivity index (χ3v) is 4.63. The van der Waals surface area contributed by atoms with Crippen molar-refractivity contribution in [1.82, 2.24) is 35.4 Å². The van der Waals surface area contributed by atoms with Crippen molar-refractivity contribution in [2.24, 2.45) is 0 Å². The first-order valence-electron chi connectivity index (χ1n) is 8.99. The van der Waals surface area contributed by atoms with E-state index >= 15 is 0 Å². The van der Waals surface area contributed by atoms with Gasteiger partial charge in [0.1, 0.15) is 5.82 Å². The van der Waals surface area contributed by atoms with Crippen molar-refractivity contribution in [3.8, 4) is 34.4 Å². The number of rotatable bonds is 6. The highest BCUT2D eigenvalue weighted by atomic mass is 32.1. The van der Waals surface area contributed by atoms with Crippen molar-refractivity contribution in [1.29, 1.82) is 0 Å². The predicted octanol–water partition coefficient (Wildman–Crippen LogP) is 3.09. The highest BCUT2D eigenvalue weighted by molar-refractivity contribution is 7.79. The number of aromatic amines is 1. The largest absolute Gasteiger partial charge is 0.244 e. The van der Waals surface area contributed by atoms with Crippen LogP contribution in [0, 0.1) is 11.8 Å². The van der Waals surface area contributed by atoms with Gasteiger partial charge in [-0.3, -0.25) is 0 Å². The molecule has 0 aliphatic heterocycles. The molecule has 0 unspecified atom stereocenters. The standard InChI is InChI=1S/C21H17N7S/c1-2-3-8-20-22-19(14-29)25-28(20)13-15-9-11-16(12-10-15)17-6-4-5-7-18(17)21-23-26-27-24-21/h4-7,9-12,14H,8,13H2,1H3,(H,23,24,26,27). The third kappa shape index (κ3) is 4.10. The lowest BCUT2D eigenvalue weighted by Gasteiger charge is -2.09. The van der Waals surface area contributed by atoms with Gasteiger partial charge in [0, 0.05) is 10.9 Å². The van der Waals surface area contributed by atoms with E-state index in [9.17, 15) is 0 Å². The van der Waals surface area contributed by atoms with Crippen LogP contribution in [0.4, 0.5) is 0 Å². The van der Waals surface area contributed by atoms with Crippen LogP contribution >= 0.6 is 12.2 Å². The average Bonchev–Trinajstić information content (AvgIpc) is 3.43. The summed E-state index contributed by atoms with van der Waals surface area (Å²) in [5.41, 5.74) is 4.20. The van der Waals surface area contributed by atoms with E-state index in [0.717, 1.165) is 28.1 Å². The zero-order chi connectivity index (χ0) is 20.1. The van der Waals surface area contributed by atoms with Gasteiger partial charge in [0.2, 0.25) is 0 Å². The van der Waals surface area contributed by atoms with Crippen molar-refractivity contribution in [3.05, 3.63) is 65.7 Å². The molecule has 2 aromatic heterocycles. The number of hydrogen-bond donors (Lipinski definition) is 1. The van der Waals surface area contributed by atoms with E-state index in [1.807, 2.05) is 29.8 Å². The van der Waals surface area contributed by atoms with Crippen LogP contribution in [0.2, 0.25) is 0 Å². The topological polar surface area (TPSA) is 85.2 Å². The van der Waals surface area contributed by atoms with Gasteiger partial charge in [-0.1, -0.05) is 66.7 Å². The number of nitrogens with zero attached hydrogens (tertiary/aromatic N) is 6. The molecule has 0 radical (unpaired) electrons. The lowest BCUT2D eigenvalue weighted by Crippen LogP contribution is -2.06. The first-order chi connectivity index (χ1) is 14.3. The van der Waals surface area contributed by atoms with Gasteiger partial charge < -0.3 is 0 Å². The summed E-state index contributed by atoms with van der Waals surface area (Å²) in [6, 6.07) is 16.3. The summed E-state index contributed by atoms with van der Waals surface area (Å²) in [5.74, 6) is 7.92. The molecular weight excluding hydrogens is 382 g/mol. The van der Waals surface area contributed by atoms with Crippen LogP contribution < -0.4 is 0 Å². The smallest absolute Gasteiger partial charge is 0.184 e. The molecule has 8 heteroatoms. The van der Waals surface area contributed by atoms with Crippen LogP contribution in [-0.4, -0.2) is 40.8 Å². The van der Waals surface area contributed by atoms with Crippen LogP contribution in [0.5, 0.6) is 0 Å². The van der Waals surface area contributed by atoms with E-state index < -0.39 is 0 Å². The van der Waals surface area contributed by atoms with Crippen molar-refractivity contribution in [2.75, 3.05) is 0 Å². The quantitative estimate of drug-likeness (QED) is 0.396. The molecular formula is C21H17N7S. The molecule has 2 aromatic carbocycles. The van der Waals surface area contributed by atoms with Gasteiger partial charge in [-0.25, -0.2) is 14.8 Å². The van der Waals surface area contributed by atoms with Gasteiger partial charge >= 0.3 is 0 Å². The molecule has 7 nitrogen and oxygen atoms in total. The number of hydrogen-bond acceptors (Lipinski definition) is 6. The number of benzene rings is 2. The molecule has 0 fully saturated rings. The normalized spacial score (nSPS) is 10.4. The molecule has 2 heterocycles. The number of aromatic nitrogens is 7. The van der Waals surface area contributed by atoms with Crippen molar-refractivity contribution >= 4 is 17.6 Å². The van der Waals surface area contributed by atoms with E-state index in [0.29, 0.717) is 24.6 Å². The van der Waals surface area contributed by atoms with Crippen LogP contribution in [-0.2, 0) is 13.0 Å². The fraction of sp³-hybridized carbons (Fsp3) is 0.143. The molecule has 142 valence electrons. The van der Waals surface area contributed by atoms with Gasteiger partial charge in [0.25, 0.3) is 0 Å². The number of nitrogens with one attached hydrogen (secondary N) is 1. The van der Waals surface area contributed by atoms with Crippen molar-refractivity contribution in [3.63, 3.8) is 0 Å². The first-order valence-corrected chi connectivity index (χ1v) is 9.46. The summed E-state index contributed by atoms with van der Waals surface area (Å²) in [6.07, 6.45) is 0.545. The van der Waals surface area contributed by atoms with Gasteiger partial charge in [-0.15, -0.1) is 11.0 Å². The zero-order valence-corrected chi connectivity index (χ0v) is 16.5. The van der Waals surface area contributed by atoms with E-state index in [4.69, 9.17) is 12.2 Å². The molecule has 0 saturated heterocycles. The Labute approximate surface area is 173 Å². The minimum Gasteiger partial charge on any atom is -0.244 e. The summed E-state index contributed by atoms with van der Waals surface area (Å²) in [5, 5.41) is 20.2. The molecule has 29 heavy (non-hydrogen) atoms. The Morgan fingerprint density at radius 3 is 2.59 bits per heavy atom. The van der Waals surface area contributed by atoms with Crippen LogP contribution in [0.25, 0.3) is 22.5 Å². The second-order valence-corrected chi connectivity index (χ2v) is 6.49. The second-order valence-electron chi connectivity index (χ2n) is 6.26. The summed E-state index contributed by atoms with van der Waals surface area (Å²) in [6.45, 7) is 2.41. The van der Waals surface area contributed by atoms with Gasteiger partial charge in [0.05, 0.1) is 13.0 Å². The molecule has 0 aliphatic carbocycles. The summed E-state index contributed by atoms with van der Waals surface area (Å²) in [7, 11) is 0. The van der Waals surface area contributed by atoms with E-state index in [-0.39, 0.29) is 0 Å². The molecule has 0 amide bonds. The van der Waals surface area contributed by atoms with Gasteiger partial charge in [-0.05, 0) is 34.0 Å². The first kappa shape index (κ1) is 18.7. The predicted molar refractivity (Wildman–Crippen MR) is 114 cm³/mol. The van der Waals surface area contributed by atoms with Crippen LogP contribution in [0.15, 0.2) is 48.5 Å². The van der Waals surface area contributed by atoms with Crippen molar-refractivity contribution in [2.45, 2.75) is 19.9 Å². The Morgan fingerprint density at radius 2 is 1.90 bits per heavy atom. The van der Waals surface area contributed by atoms with Crippen LogP contribution in [0.1, 0.15) is 24.1 Å².